The molecule has 2 amide bonds. The van der Waals surface area contributed by atoms with E-state index in [1.807, 2.05) is 4.90 Å². The van der Waals surface area contributed by atoms with Crippen LogP contribution in [0.5, 0.6) is 0 Å². The number of carboxylic acids is 1. The van der Waals surface area contributed by atoms with Gasteiger partial charge in [0, 0.05) is 13.1 Å². The second kappa shape index (κ2) is 7.14. The molecular weight excluding hydrogens is 268 g/mol. The Morgan fingerprint density at radius 3 is 2.62 bits per heavy atom. The zero-order chi connectivity index (χ0) is 15.3. The molecule has 2 fully saturated rings. The second-order valence-corrected chi connectivity index (χ2v) is 6.73. The van der Waals surface area contributed by atoms with Gasteiger partial charge >= 0.3 is 12.0 Å². The average molecular weight is 296 g/mol. The fourth-order valence-electron chi connectivity index (χ4n) is 3.83. The first-order valence-corrected chi connectivity index (χ1v) is 8.33. The van der Waals surface area contributed by atoms with Crippen molar-refractivity contribution in [2.75, 3.05) is 13.1 Å². The molecule has 1 aliphatic carbocycles. The zero-order valence-electron chi connectivity index (χ0n) is 13.1. The lowest BCUT2D eigenvalue weighted by molar-refractivity contribution is -0.139. The summed E-state index contributed by atoms with van der Waals surface area (Å²) >= 11 is 0. The molecule has 5 heteroatoms. The van der Waals surface area contributed by atoms with Crippen molar-refractivity contribution >= 4 is 12.0 Å². The van der Waals surface area contributed by atoms with Crippen LogP contribution in [-0.2, 0) is 4.79 Å². The summed E-state index contributed by atoms with van der Waals surface area (Å²) in [6.07, 6.45) is 8.18. The second-order valence-electron chi connectivity index (χ2n) is 6.73. The van der Waals surface area contributed by atoms with Crippen LogP contribution in [-0.4, -0.2) is 40.6 Å². The Bertz CT molecular complexity index is 378. The minimum atomic E-state index is -0.817. The number of amides is 2. The van der Waals surface area contributed by atoms with Gasteiger partial charge in [-0.2, -0.15) is 0 Å². The SMILES string of the molecule is CCCC1CCN(C(=O)NC2(CC(=O)O)CCCCC2)C1. The molecule has 0 spiro atoms. The number of urea groups is 1. The lowest BCUT2D eigenvalue weighted by atomic mass is 9.79. The first-order valence-electron chi connectivity index (χ1n) is 8.33. The third-order valence-corrected chi connectivity index (χ3v) is 4.94. The predicted molar refractivity (Wildman–Crippen MR) is 81.2 cm³/mol. The minimum Gasteiger partial charge on any atom is -0.481 e. The molecule has 0 aromatic heterocycles. The molecule has 0 bridgehead atoms. The highest BCUT2D eigenvalue weighted by molar-refractivity contribution is 5.77. The Morgan fingerprint density at radius 2 is 2.00 bits per heavy atom. The molecule has 1 unspecified atom stereocenters. The number of hydrogen-bond acceptors (Lipinski definition) is 2. The van der Waals surface area contributed by atoms with Crippen LogP contribution < -0.4 is 5.32 Å². The van der Waals surface area contributed by atoms with Gasteiger partial charge < -0.3 is 15.3 Å². The summed E-state index contributed by atoms with van der Waals surface area (Å²) in [6, 6.07) is -0.0586. The van der Waals surface area contributed by atoms with Crippen LogP contribution in [0.3, 0.4) is 0 Å². The van der Waals surface area contributed by atoms with Crippen LogP contribution in [0.1, 0.15) is 64.7 Å². The molecule has 5 nitrogen and oxygen atoms in total. The van der Waals surface area contributed by atoms with Crippen molar-refractivity contribution in [2.45, 2.75) is 70.3 Å². The maximum absolute atomic E-state index is 12.5. The molecule has 1 atom stereocenters. The van der Waals surface area contributed by atoms with Gasteiger partial charge in [0.15, 0.2) is 0 Å². The van der Waals surface area contributed by atoms with E-state index in [1.165, 1.54) is 6.42 Å². The van der Waals surface area contributed by atoms with Crippen molar-refractivity contribution in [3.05, 3.63) is 0 Å². The predicted octanol–water partition coefficient (Wildman–Crippen LogP) is 3.00. The fraction of sp³-hybridized carbons (Fsp3) is 0.875. The highest BCUT2D eigenvalue weighted by atomic mass is 16.4. The Hall–Kier alpha value is -1.26. The van der Waals surface area contributed by atoms with Crippen LogP contribution in [0, 0.1) is 5.92 Å². The van der Waals surface area contributed by atoms with Gasteiger partial charge in [-0.05, 0) is 31.6 Å². The molecule has 0 radical (unpaired) electrons. The van der Waals surface area contributed by atoms with Crippen LogP contribution in [0.15, 0.2) is 0 Å². The zero-order valence-corrected chi connectivity index (χ0v) is 13.1. The summed E-state index contributed by atoms with van der Waals surface area (Å²) in [4.78, 5) is 25.5. The first kappa shape index (κ1) is 16.1. The van der Waals surface area contributed by atoms with Crippen LogP contribution in [0.4, 0.5) is 4.79 Å². The molecule has 1 heterocycles. The van der Waals surface area contributed by atoms with E-state index in [-0.39, 0.29) is 12.5 Å². The van der Waals surface area contributed by atoms with E-state index in [1.54, 1.807) is 0 Å². The summed E-state index contributed by atoms with van der Waals surface area (Å²) < 4.78 is 0. The average Bonchev–Trinajstić information content (AvgIpc) is 2.88. The van der Waals surface area contributed by atoms with E-state index in [4.69, 9.17) is 5.11 Å². The van der Waals surface area contributed by atoms with E-state index in [0.717, 1.165) is 58.0 Å². The molecule has 0 aromatic carbocycles. The third-order valence-electron chi connectivity index (χ3n) is 4.94. The maximum Gasteiger partial charge on any atom is 0.317 e. The number of aliphatic carboxylic acids is 1. The molecule has 2 aliphatic rings. The minimum absolute atomic E-state index is 0.0466. The summed E-state index contributed by atoms with van der Waals surface area (Å²) in [5, 5.41) is 12.2. The van der Waals surface area contributed by atoms with Crippen molar-refractivity contribution in [2.24, 2.45) is 5.92 Å². The van der Waals surface area contributed by atoms with E-state index >= 15 is 0 Å². The fourth-order valence-corrected chi connectivity index (χ4v) is 3.83. The van der Waals surface area contributed by atoms with Gasteiger partial charge in [0.05, 0.1) is 12.0 Å². The van der Waals surface area contributed by atoms with Crippen molar-refractivity contribution < 1.29 is 14.7 Å². The topological polar surface area (TPSA) is 69.6 Å². The van der Waals surface area contributed by atoms with Gasteiger partial charge in [-0.15, -0.1) is 0 Å². The normalized spacial score (nSPS) is 24.8. The number of carboxylic acid groups (broad SMARTS) is 1. The molecule has 1 saturated heterocycles. The highest BCUT2D eigenvalue weighted by Gasteiger charge is 2.38. The van der Waals surface area contributed by atoms with Gasteiger partial charge in [-0.1, -0.05) is 32.6 Å². The quantitative estimate of drug-likeness (QED) is 0.819. The van der Waals surface area contributed by atoms with Gasteiger partial charge in [-0.3, -0.25) is 4.79 Å². The van der Waals surface area contributed by atoms with Gasteiger partial charge in [0.25, 0.3) is 0 Å². The third kappa shape index (κ3) is 4.35. The number of carbonyl (C=O) groups is 2. The van der Waals surface area contributed by atoms with Crippen LogP contribution in [0.25, 0.3) is 0 Å². The summed E-state index contributed by atoms with van der Waals surface area (Å²) in [7, 11) is 0. The lowest BCUT2D eigenvalue weighted by Crippen LogP contribution is -2.54. The van der Waals surface area contributed by atoms with Gasteiger partial charge in [0.1, 0.15) is 0 Å². The van der Waals surface area contributed by atoms with E-state index in [2.05, 4.69) is 12.2 Å². The monoisotopic (exact) mass is 296 g/mol. The molecule has 21 heavy (non-hydrogen) atoms. The Kier molecular flexibility index (Phi) is 5.48. The van der Waals surface area contributed by atoms with Crippen molar-refractivity contribution in [3.8, 4) is 0 Å². The smallest absolute Gasteiger partial charge is 0.317 e. The molecule has 1 saturated carbocycles. The molecule has 2 N–H and O–H groups in total. The molecule has 0 aromatic rings. The Labute approximate surface area is 127 Å². The first-order chi connectivity index (χ1) is 10.0. The van der Waals surface area contributed by atoms with Crippen molar-refractivity contribution in [3.63, 3.8) is 0 Å². The summed E-state index contributed by atoms with van der Waals surface area (Å²) in [5.41, 5.74) is -0.524. The number of hydrogen-bond donors (Lipinski definition) is 2. The number of carbonyl (C=O) groups excluding carboxylic acids is 1. The van der Waals surface area contributed by atoms with Crippen LogP contribution >= 0.6 is 0 Å². The largest absolute Gasteiger partial charge is 0.481 e. The number of nitrogens with zero attached hydrogens (tertiary/aromatic N) is 1. The summed E-state index contributed by atoms with van der Waals surface area (Å²) in [6.45, 7) is 3.80. The van der Waals surface area contributed by atoms with Crippen molar-refractivity contribution in [1.82, 2.24) is 10.2 Å². The van der Waals surface area contributed by atoms with E-state index in [0.29, 0.717) is 5.92 Å². The Morgan fingerprint density at radius 1 is 1.29 bits per heavy atom. The number of nitrogens with one attached hydrogen (secondary N) is 1. The van der Waals surface area contributed by atoms with Gasteiger partial charge in [0.2, 0.25) is 0 Å². The van der Waals surface area contributed by atoms with Crippen molar-refractivity contribution in [1.29, 1.82) is 0 Å². The molecule has 2 rings (SSSR count). The standard InChI is InChI=1S/C16H28N2O3/c1-2-6-13-7-10-18(12-13)15(21)17-16(11-14(19)20)8-4-3-5-9-16/h13H,2-12H2,1H3,(H,17,21)(H,19,20). The molecule has 120 valence electrons. The number of rotatable bonds is 5. The number of likely N-dealkylation sites (tertiary alicyclic amines) is 1. The summed E-state index contributed by atoms with van der Waals surface area (Å²) in [5.74, 6) is -0.204. The molecular formula is C16H28N2O3. The lowest BCUT2D eigenvalue weighted by Gasteiger charge is -2.38. The van der Waals surface area contributed by atoms with Gasteiger partial charge in [-0.25, -0.2) is 4.79 Å². The van der Waals surface area contributed by atoms with Crippen LogP contribution in [0.2, 0.25) is 0 Å². The van der Waals surface area contributed by atoms with E-state index < -0.39 is 11.5 Å². The van der Waals surface area contributed by atoms with E-state index in [9.17, 15) is 9.59 Å². The highest BCUT2D eigenvalue weighted by Crippen LogP contribution is 2.32. The Balaban J connectivity index is 1.93. The molecule has 1 aliphatic heterocycles. The maximum atomic E-state index is 12.5.